The zero-order valence-electron chi connectivity index (χ0n) is 9.70. The Morgan fingerprint density at radius 3 is 2.79 bits per heavy atom. The molecule has 0 aliphatic carbocycles. The van der Waals surface area contributed by atoms with Gasteiger partial charge in [0.2, 0.25) is 0 Å². The molecule has 0 bridgehead atoms. The van der Waals surface area contributed by atoms with Crippen molar-refractivity contribution in [2.75, 3.05) is 26.8 Å². The summed E-state index contributed by atoms with van der Waals surface area (Å²) >= 11 is 0. The average molecular weight is 200 g/mol. The molecule has 3 heteroatoms. The van der Waals surface area contributed by atoms with E-state index in [0.29, 0.717) is 12.1 Å². The van der Waals surface area contributed by atoms with Crippen LogP contribution in [0.25, 0.3) is 0 Å². The number of rotatable bonds is 5. The summed E-state index contributed by atoms with van der Waals surface area (Å²) in [4.78, 5) is 2.53. The molecule has 84 valence electrons. The molecule has 14 heavy (non-hydrogen) atoms. The molecular weight excluding hydrogens is 176 g/mol. The lowest BCUT2D eigenvalue weighted by Gasteiger charge is -2.25. The SMILES string of the molecule is COCC1CCN(C(C)CC(C)N)C1. The predicted molar refractivity (Wildman–Crippen MR) is 59.3 cm³/mol. The highest BCUT2D eigenvalue weighted by Gasteiger charge is 2.25. The Labute approximate surface area is 87.6 Å². The molecule has 0 aromatic carbocycles. The second kappa shape index (κ2) is 5.69. The fourth-order valence-corrected chi connectivity index (χ4v) is 2.32. The van der Waals surface area contributed by atoms with E-state index in [1.165, 1.54) is 19.5 Å². The van der Waals surface area contributed by atoms with E-state index in [4.69, 9.17) is 10.5 Å². The van der Waals surface area contributed by atoms with Crippen LogP contribution >= 0.6 is 0 Å². The first-order valence-electron chi connectivity index (χ1n) is 5.62. The van der Waals surface area contributed by atoms with Gasteiger partial charge in [-0.25, -0.2) is 0 Å². The molecule has 1 fully saturated rings. The maximum Gasteiger partial charge on any atom is 0.0503 e. The largest absolute Gasteiger partial charge is 0.384 e. The van der Waals surface area contributed by atoms with Crippen LogP contribution < -0.4 is 5.73 Å². The number of hydrogen-bond donors (Lipinski definition) is 1. The lowest BCUT2D eigenvalue weighted by atomic mass is 10.1. The van der Waals surface area contributed by atoms with Crippen molar-refractivity contribution in [2.24, 2.45) is 11.7 Å². The molecule has 1 heterocycles. The Hall–Kier alpha value is -0.120. The molecule has 0 saturated carbocycles. The van der Waals surface area contributed by atoms with Gasteiger partial charge in [0.1, 0.15) is 0 Å². The van der Waals surface area contributed by atoms with Crippen molar-refractivity contribution in [1.29, 1.82) is 0 Å². The number of hydrogen-bond acceptors (Lipinski definition) is 3. The van der Waals surface area contributed by atoms with Gasteiger partial charge in [-0.15, -0.1) is 0 Å². The Kier molecular flexibility index (Phi) is 4.85. The van der Waals surface area contributed by atoms with Crippen LogP contribution in [0.3, 0.4) is 0 Å². The van der Waals surface area contributed by atoms with Crippen molar-refractivity contribution in [3.8, 4) is 0 Å². The van der Waals surface area contributed by atoms with Crippen molar-refractivity contribution >= 4 is 0 Å². The van der Waals surface area contributed by atoms with Gasteiger partial charge in [0, 0.05) is 25.7 Å². The monoisotopic (exact) mass is 200 g/mol. The van der Waals surface area contributed by atoms with Gasteiger partial charge >= 0.3 is 0 Å². The molecule has 1 rings (SSSR count). The molecule has 0 amide bonds. The zero-order chi connectivity index (χ0) is 10.6. The third-order valence-electron chi connectivity index (χ3n) is 3.06. The van der Waals surface area contributed by atoms with Crippen LogP contribution in [0.15, 0.2) is 0 Å². The number of ether oxygens (including phenoxy) is 1. The van der Waals surface area contributed by atoms with Crippen molar-refractivity contribution in [3.63, 3.8) is 0 Å². The minimum atomic E-state index is 0.312. The molecule has 1 aliphatic heterocycles. The molecule has 0 radical (unpaired) electrons. The van der Waals surface area contributed by atoms with Gasteiger partial charge < -0.3 is 15.4 Å². The van der Waals surface area contributed by atoms with Crippen molar-refractivity contribution in [2.45, 2.75) is 38.8 Å². The summed E-state index contributed by atoms with van der Waals surface area (Å²) in [6.45, 7) is 7.66. The van der Waals surface area contributed by atoms with Crippen LogP contribution in [-0.2, 0) is 4.74 Å². The molecular formula is C11H24N2O. The maximum atomic E-state index is 5.80. The van der Waals surface area contributed by atoms with Gasteiger partial charge in [-0.3, -0.25) is 0 Å². The zero-order valence-corrected chi connectivity index (χ0v) is 9.70. The van der Waals surface area contributed by atoms with Crippen LogP contribution in [0.4, 0.5) is 0 Å². The predicted octanol–water partition coefficient (Wildman–Crippen LogP) is 1.08. The summed E-state index contributed by atoms with van der Waals surface area (Å²) in [7, 11) is 1.79. The van der Waals surface area contributed by atoms with Gasteiger partial charge in [0.25, 0.3) is 0 Å². The highest BCUT2D eigenvalue weighted by atomic mass is 16.5. The van der Waals surface area contributed by atoms with Gasteiger partial charge in [0.15, 0.2) is 0 Å². The minimum Gasteiger partial charge on any atom is -0.384 e. The first-order valence-corrected chi connectivity index (χ1v) is 5.62. The number of nitrogens with zero attached hydrogens (tertiary/aromatic N) is 1. The first-order chi connectivity index (χ1) is 6.63. The Bertz CT molecular complexity index is 161. The van der Waals surface area contributed by atoms with Crippen LogP contribution in [0, 0.1) is 5.92 Å². The summed E-state index contributed by atoms with van der Waals surface area (Å²) in [5.41, 5.74) is 5.80. The quantitative estimate of drug-likeness (QED) is 0.722. The Balaban J connectivity index is 2.26. The maximum absolute atomic E-state index is 5.80. The standard InChI is InChI=1S/C11H24N2O/c1-9(12)6-10(2)13-5-4-11(7-13)8-14-3/h9-11H,4-8,12H2,1-3H3. The second-order valence-corrected chi connectivity index (χ2v) is 4.67. The Morgan fingerprint density at radius 2 is 2.21 bits per heavy atom. The fraction of sp³-hybridized carbons (Fsp3) is 1.00. The molecule has 0 aromatic rings. The van der Waals surface area contributed by atoms with Crippen molar-refractivity contribution in [3.05, 3.63) is 0 Å². The molecule has 0 aromatic heterocycles. The fourth-order valence-electron chi connectivity index (χ4n) is 2.32. The van der Waals surface area contributed by atoms with E-state index in [0.717, 1.165) is 18.9 Å². The van der Waals surface area contributed by atoms with Crippen LogP contribution in [0.5, 0.6) is 0 Å². The minimum absolute atomic E-state index is 0.312. The van der Waals surface area contributed by atoms with E-state index in [1.807, 2.05) is 0 Å². The summed E-state index contributed by atoms with van der Waals surface area (Å²) in [6, 6.07) is 0.934. The normalized spacial score (nSPS) is 27.9. The van der Waals surface area contributed by atoms with E-state index in [2.05, 4.69) is 18.7 Å². The highest BCUT2D eigenvalue weighted by molar-refractivity contribution is 4.80. The van der Waals surface area contributed by atoms with Gasteiger partial charge in [0.05, 0.1) is 6.61 Å². The molecule has 1 aliphatic rings. The van der Waals surface area contributed by atoms with Gasteiger partial charge in [-0.2, -0.15) is 0 Å². The number of nitrogens with two attached hydrogens (primary N) is 1. The average Bonchev–Trinajstić information content (AvgIpc) is 2.52. The summed E-state index contributed by atoms with van der Waals surface area (Å²) in [5.74, 6) is 0.732. The van der Waals surface area contributed by atoms with Crippen LogP contribution in [0.2, 0.25) is 0 Å². The number of likely N-dealkylation sites (tertiary alicyclic amines) is 1. The molecule has 3 atom stereocenters. The summed E-state index contributed by atoms with van der Waals surface area (Å²) in [5, 5.41) is 0. The topological polar surface area (TPSA) is 38.5 Å². The molecule has 0 spiro atoms. The highest BCUT2D eigenvalue weighted by Crippen LogP contribution is 2.20. The molecule has 3 nitrogen and oxygen atoms in total. The summed E-state index contributed by atoms with van der Waals surface area (Å²) < 4.78 is 5.18. The van der Waals surface area contributed by atoms with Gasteiger partial charge in [-0.05, 0) is 39.2 Å². The second-order valence-electron chi connectivity index (χ2n) is 4.67. The van der Waals surface area contributed by atoms with E-state index < -0.39 is 0 Å². The lowest BCUT2D eigenvalue weighted by molar-refractivity contribution is 0.146. The van der Waals surface area contributed by atoms with E-state index in [-0.39, 0.29) is 0 Å². The summed E-state index contributed by atoms with van der Waals surface area (Å²) in [6.07, 6.45) is 2.37. The third kappa shape index (κ3) is 3.56. The molecule has 1 saturated heterocycles. The van der Waals surface area contributed by atoms with Crippen LogP contribution in [0.1, 0.15) is 26.7 Å². The third-order valence-corrected chi connectivity index (χ3v) is 3.06. The van der Waals surface area contributed by atoms with Gasteiger partial charge in [-0.1, -0.05) is 0 Å². The first kappa shape index (κ1) is 12.0. The van der Waals surface area contributed by atoms with Crippen LogP contribution in [-0.4, -0.2) is 43.8 Å². The van der Waals surface area contributed by atoms with E-state index in [1.54, 1.807) is 7.11 Å². The Morgan fingerprint density at radius 1 is 1.50 bits per heavy atom. The van der Waals surface area contributed by atoms with E-state index >= 15 is 0 Å². The van der Waals surface area contributed by atoms with Crippen molar-refractivity contribution < 1.29 is 4.74 Å². The smallest absolute Gasteiger partial charge is 0.0503 e. The van der Waals surface area contributed by atoms with E-state index in [9.17, 15) is 0 Å². The number of methoxy groups -OCH3 is 1. The molecule has 3 unspecified atom stereocenters. The van der Waals surface area contributed by atoms with Crippen molar-refractivity contribution in [1.82, 2.24) is 4.90 Å². The lowest BCUT2D eigenvalue weighted by Crippen LogP contribution is -2.35. The molecule has 2 N–H and O–H groups in total.